The summed E-state index contributed by atoms with van der Waals surface area (Å²) in [5, 5.41) is 9.96. The molecule has 3 heteroatoms. The van der Waals surface area contributed by atoms with Crippen molar-refractivity contribution < 1.29 is 9.84 Å². The second-order valence-electron chi connectivity index (χ2n) is 4.48. The number of benzene rings is 1. The van der Waals surface area contributed by atoms with Crippen LogP contribution < -0.4 is 0 Å². The van der Waals surface area contributed by atoms with E-state index >= 15 is 0 Å². The zero-order valence-electron chi connectivity index (χ0n) is 10.3. The van der Waals surface area contributed by atoms with Gasteiger partial charge in [0.05, 0.1) is 18.8 Å². The molecule has 0 radical (unpaired) electrons. The second-order valence-corrected chi connectivity index (χ2v) is 5.46. The molecule has 1 aliphatic heterocycles. The SMILES string of the molecule is CSCCC(O)CC1OCCc2ccccc21. The van der Waals surface area contributed by atoms with Gasteiger partial charge in [-0.2, -0.15) is 11.8 Å². The molecule has 0 saturated carbocycles. The van der Waals surface area contributed by atoms with E-state index in [2.05, 4.69) is 30.5 Å². The normalized spacial score (nSPS) is 20.9. The standard InChI is InChI=1S/C14H20O2S/c1-17-9-7-12(15)10-14-13-5-3-2-4-11(13)6-8-16-14/h2-5,12,14-15H,6-10H2,1H3. The molecular weight excluding hydrogens is 232 g/mol. The van der Waals surface area contributed by atoms with E-state index in [0.717, 1.165) is 31.6 Å². The van der Waals surface area contributed by atoms with Gasteiger partial charge >= 0.3 is 0 Å². The molecule has 1 aromatic rings. The van der Waals surface area contributed by atoms with E-state index < -0.39 is 0 Å². The molecule has 1 aliphatic rings. The molecule has 0 bridgehead atoms. The van der Waals surface area contributed by atoms with Gasteiger partial charge in [0.2, 0.25) is 0 Å². The van der Waals surface area contributed by atoms with Crippen molar-refractivity contribution in [3.63, 3.8) is 0 Å². The number of aliphatic hydroxyl groups excluding tert-OH is 1. The fourth-order valence-corrected chi connectivity index (χ4v) is 2.80. The number of hydrogen-bond donors (Lipinski definition) is 1. The minimum absolute atomic E-state index is 0.0804. The van der Waals surface area contributed by atoms with Gasteiger partial charge in [-0.3, -0.25) is 0 Å². The summed E-state index contributed by atoms with van der Waals surface area (Å²) >= 11 is 1.78. The first-order valence-electron chi connectivity index (χ1n) is 6.17. The topological polar surface area (TPSA) is 29.5 Å². The Balaban J connectivity index is 1.98. The largest absolute Gasteiger partial charge is 0.393 e. The minimum Gasteiger partial charge on any atom is -0.393 e. The van der Waals surface area contributed by atoms with Gasteiger partial charge in [-0.15, -0.1) is 0 Å². The van der Waals surface area contributed by atoms with Crippen LogP contribution in [0.1, 0.15) is 30.1 Å². The number of fused-ring (bicyclic) bond motifs is 1. The molecule has 2 nitrogen and oxygen atoms in total. The Bertz CT molecular complexity index is 354. The summed E-state index contributed by atoms with van der Waals surface area (Å²) in [5.74, 6) is 1.01. The maximum absolute atomic E-state index is 9.96. The Morgan fingerprint density at radius 3 is 3.12 bits per heavy atom. The van der Waals surface area contributed by atoms with E-state index in [4.69, 9.17) is 4.74 Å². The van der Waals surface area contributed by atoms with Crippen molar-refractivity contribution in [2.75, 3.05) is 18.6 Å². The fraction of sp³-hybridized carbons (Fsp3) is 0.571. The van der Waals surface area contributed by atoms with Crippen molar-refractivity contribution in [3.05, 3.63) is 35.4 Å². The molecule has 0 aliphatic carbocycles. The van der Waals surface area contributed by atoms with Crippen molar-refractivity contribution in [1.82, 2.24) is 0 Å². The molecule has 2 rings (SSSR count). The Kier molecular flexibility index (Phi) is 4.89. The lowest BCUT2D eigenvalue weighted by Crippen LogP contribution is -2.21. The van der Waals surface area contributed by atoms with Crippen LogP contribution in [-0.4, -0.2) is 29.8 Å². The molecular formula is C14H20O2S. The molecule has 2 unspecified atom stereocenters. The van der Waals surface area contributed by atoms with Crippen LogP contribution >= 0.6 is 11.8 Å². The van der Waals surface area contributed by atoms with Crippen LogP contribution in [-0.2, 0) is 11.2 Å². The monoisotopic (exact) mass is 252 g/mol. The third-order valence-electron chi connectivity index (χ3n) is 3.23. The van der Waals surface area contributed by atoms with Crippen molar-refractivity contribution >= 4 is 11.8 Å². The number of ether oxygens (including phenoxy) is 1. The molecule has 0 amide bonds. The number of rotatable bonds is 5. The fourth-order valence-electron chi connectivity index (χ4n) is 2.29. The predicted molar refractivity (Wildman–Crippen MR) is 72.5 cm³/mol. The Labute approximate surface area is 107 Å². The smallest absolute Gasteiger partial charge is 0.0852 e. The molecule has 1 N–H and O–H groups in total. The van der Waals surface area contributed by atoms with Gasteiger partial charge < -0.3 is 9.84 Å². The third-order valence-corrected chi connectivity index (χ3v) is 3.88. The van der Waals surface area contributed by atoms with E-state index in [1.807, 2.05) is 0 Å². The molecule has 94 valence electrons. The second kappa shape index (κ2) is 6.43. The zero-order chi connectivity index (χ0) is 12.1. The molecule has 2 atom stereocenters. The zero-order valence-corrected chi connectivity index (χ0v) is 11.1. The van der Waals surface area contributed by atoms with Crippen LogP contribution in [0.5, 0.6) is 0 Å². The number of hydrogen-bond acceptors (Lipinski definition) is 3. The number of thioether (sulfide) groups is 1. The molecule has 0 saturated heterocycles. The molecule has 17 heavy (non-hydrogen) atoms. The van der Waals surface area contributed by atoms with Crippen LogP contribution in [0.3, 0.4) is 0 Å². The van der Waals surface area contributed by atoms with E-state index in [-0.39, 0.29) is 12.2 Å². The first-order chi connectivity index (χ1) is 8.31. The Hall–Kier alpha value is -0.510. The van der Waals surface area contributed by atoms with Crippen molar-refractivity contribution in [3.8, 4) is 0 Å². The molecule has 1 aromatic carbocycles. The average Bonchev–Trinajstić information content (AvgIpc) is 2.37. The van der Waals surface area contributed by atoms with Crippen LogP contribution in [0.15, 0.2) is 24.3 Å². The maximum atomic E-state index is 9.96. The summed E-state index contributed by atoms with van der Waals surface area (Å²) in [5.41, 5.74) is 2.64. The average molecular weight is 252 g/mol. The van der Waals surface area contributed by atoms with Gasteiger partial charge in [-0.05, 0) is 36.0 Å². The lowest BCUT2D eigenvalue weighted by Gasteiger charge is -2.27. The highest BCUT2D eigenvalue weighted by atomic mass is 32.2. The van der Waals surface area contributed by atoms with E-state index in [1.165, 1.54) is 11.1 Å². The summed E-state index contributed by atoms with van der Waals surface area (Å²) in [6.45, 7) is 0.775. The first kappa shape index (κ1) is 12.9. The molecule has 0 spiro atoms. The summed E-state index contributed by atoms with van der Waals surface area (Å²) in [4.78, 5) is 0. The molecule has 0 fully saturated rings. The molecule has 1 heterocycles. The summed E-state index contributed by atoms with van der Waals surface area (Å²) in [6, 6.07) is 8.42. The van der Waals surface area contributed by atoms with Crippen molar-refractivity contribution in [2.24, 2.45) is 0 Å². The third kappa shape index (κ3) is 3.47. The van der Waals surface area contributed by atoms with Crippen LogP contribution in [0.25, 0.3) is 0 Å². The van der Waals surface area contributed by atoms with E-state index in [9.17, 15) is 5.11 Å². The number of aliphatic hydroxyl groups is 1. The van der Waals surface area contributed by atoms with E-state index in [0.29, 0.717) is 0 Å². The van der Waals surface area contributed by atoms with Crippen LogP contribution in [0.2, 0.25) is 0 Å². The van der Waals surface area contributed by atoms with Crippen LogP contribution in [0.4, 0.5) is 0 Å². The lowest BCUT2D eigenvalue weighted by atomic mass is 9.94. The van der Waals surface area contributed by atoms with Gasteiger partial charge in [0.15, 0.2) is 0 Å². The predicted octanol–water partition coefficient (Wildman–Crippen LogP) is 2.80. The van der Waals surface area contributed by atoms with Crippen LogP contribution in [0, 0.1) is 0 Å². The maximum Gasteiger partial charge on any atom is 0.0852 e. The lowest BCUT2D eigenvalue weighted by molar-refractivity contribution is 0.00391. The first-order valence-corrected chi connectivity index (χ1v) is 7.57. The Morgan fingerprint density at radius 1 is 1.47 bits per heavy atom. The molecule has 0 aromatic heterocycles. The highest BCUT2D eigenvalue weighted by Crippen LogP contribution is 2.30. The van der Waals surface area contributed by atoms with Gasteiger partial charge in [0.25, 0.3) is 0 Å². The van der Waals surface area contributed by atoms with Crippen molar-refractivity contribution in [1.29, 1.82) is 0 Å². The highest BCUT2D eigenvalue weighted by molar-refractivity contribution is 7.98. The Morgan fingerprint density at radius 2 is 2.29 bits per heavy atom. The summed E-state index contributed by atoms with van der Waals surface area (Å²) < 4.78 is 5.79. The van der Waals surface area contributed by atoms with Gasteiger partial charge in [-0.1, -0.05) is 24.3 Å². The van der Waals surface area contributed by atoms with Gasteiger partial charge in [0.1, 0.15) is 0 Å². The van der Waals surface area contributed by atoms with Gasteiger partial charge in [0, 0.05) is 6.42 Å². The minimum atomic E-state index is -0.251. The van der Waals surface area contributed by atoms with E-state index in [1.54, 1.807) is 11.8 Å². The summed E-state index contributed by atoms with van der Waals surface area (Å²) in [7, 11) is 0. The quantitative estimate of drug-likeness (QED) is 0.874. The van der Waals surface area contributed by atoms with Crippen molar-refractivity contribution in [2.45, 2.75) is 31.5 Å². The highest BCUT2D eigenvalue weighted by Gasteiger charge is 2.22. The summed E-state index contributed by atoms with van der Waals surface area (Å²) in [6.07, 6.45) is 4.46. The van der Waals surface area contributed by atoms with Gasteiger partial charge in [-0.25, -0.2) is 0 Å².